The number of rotatable bonds is 3. The van der Waals surface area contributed by atoms with Crippen LogP contribution in [0.2, 0.25) is 0 Å². The van der Waals surface area contributed by atoms with Crippen LogP contribution in [0.5, 0.6) is 0 Å². The number of hydrogen-bond donors (Lipinski definition) is 0. The lowest BCUT2D eigenvalue weighted by atomic mass is 9.73. The third-order valence-corrected chi connectivity index (χ3v) is 6.39. The van der Waals surface area contributed by atoms with Crippen molar-refractivity contribution in [1.82, 2.24) is 4.90 Å². The van der Waals surface area contributed by atoms with Crippen molar-refractivity contribution >= 4 is 0 Å². The summed E-state index contributed by atoms with van der Waals surface area (Å²) < 4.78 is 0. The molecule has 0 atom stereocenters. The van der Waals surface area contributed by atoms with Crippen molar-refractivity contribution in [1.29, 1.82) is 5.26 Å². The van der Waals surface area contributed by atoms with Crippen LogP contribution in [0.4, 0.5) is 0 Å². The molecule has 1 aromatic carbocycles. The Morgan fingerprint density at radius 3 is 2.17 bits per heavy atom. The Morgan fingerprint density at radius 1 is 1.04 bits per heavy atom. The summed E-state index contributed by atoms with van der Waals surface area (Å²) in [5.41, 5.74) is 0.957. The fourth-order valence-corrected chi connectivity index (χ4v) is 4.63. The monoisotopic (exact) mass is 310 g/mol. The van der Waals surface area contributed by atoms with Gasteiger partial charge in [-0.3, -0.25) is 0 Å². The molecule has 0 spiro atoms. The first-order chi connectivity index (χ1) is 11.1. The molecule has 124 valence electrons. The average Bonchev–Trinajstić information content (AvgIpc) is 2.62. The van der Waals surface area contributed by atoms with Gasteiger partial charge in [-0.15, -0.1) is 0 Å². The van der Waals surface area contributed by atoms with E-state index in [1.165, 1.54) is 31.2 Å². The van der Waals surface area contributed by atoms with E-state index in [-0.39, 0.29) is 5.41 Å². The van der Waals surface area contributed by atoms with Crippen molar-refractivity contribution in [3.05, 3.63) is 35.9 Å². The van der Waals surface area contributed by atoms with Gasteiger partial charge < -0.3 is 4.90 Å². The average molecular weight is 310 g/mol. The van der Waals surface area contributed by atoms with Crippen LogP contribution in [-0.2, 0) is 5.41 Å². The SMILES string of the molecule is CC(C)C1CCC(N2CCC(C#N)(c3ccccc3)CC2)CC1. The molecule has 2 fully saturated rings. The lowest BCUT2D eigenvalue weighted by molar-refractivity contribution is 0.0875. The van der Waals surface area contributed by atoms with E-state index in [0.29, 0.717) is 0 Å². The third kappa shape index (κ3) is 3.45. The molecule has 1 heterocycles. The molecule has 3 rings (SSSR count). The van der Waals surface area contributed by atoms with Gasteiger partial charge in [0.05, 0.1) is 11.5 Å². The lowest BCUT2D eigenvalue weighted by Crippen LogP contribution is -2.47. The highest BCUT2D eigenvalue weighted by molar-refractivity contribution is 5.33. The maximum Gasteiger partial charge on any atom is 0.0846 e. The third-order valence-electron chi connectivity index (χ3n) is 6.39. The normalized spacial score (nSPS) is 28.4. The van der Waals surface area contributed by atoms with Gasteiger partial charge in [0.2, 0.25) is 0 Å². The number of nitriles is 1. The Hall–Kier alpha value is -1.33. The zero-order chi connectivity index (χ0) is 16.3. The first kappa shape index (κ1) is 16.5. The highest BCUT2D eigenvalue weighted by atomic mass is 15.2. The zero-order valence-electron chi connectivity index (χ0n) is 14.7. The van der Waals surface area contributed by atoms with E-state index in [4.69, 9.17) is 0 Å². The Bertz CT molecular complexity index is 527. The largest absolute Gasteiger partial charge is 0.300 e. The zero-order valence-corrected chi connectivity index (χ0v) is 14.7. The molecule has 2 nitrogen and oxygen atoms in total. The van der Waals surface area contributed by atoms with Gasteiger partial charge in [0, 0.05) is 19.1 Å². The van der Waals surface area contributed by atoms with Gasteiger partial charge >= 0.3 is 0 Å². The van der Waals surface area contributed by atoms with Gasteiger partial charge in [-0.05, 0) is 55.9 Å². The van der Waals surface area contributed by atoms with Crippen LogP contribution >= 0.6 is 0 Å². The van der Waals surface area contributed by atoms with Crippen molar-refractivity contribution in [3.8, 4) is 6.07 Å². The molecule has 23 heavy (non-hydrogen) atoms. The Labute approximate surface area is 141 Å². The second-order valence-corrected chi connectivity index (χ2v) is 7.91. The maximum absolute atomic E-state index is 9.82. The number of likely N-dealkylation sites (tertiary alicyclic amines) is 1. The van der Waals surface area contributed by atoms with E-state index >= 15 is 0 Å². The quantitative estimate of drug-likeness (QED) is 0.805. The molecule has 1 aliphatic heterocycles. The van der Waals surface area contributed by atoms with Gasteiger partial charge in [0.25, 0.3) is 0 Å². The first-order valence-electron chi connectivity index (χ1n) is 9.35. The Kier molecular flexibility index (Phi) is 5.07. The lowest BCUT2D eigenvalue weighted by Gasteiger charge is -2.44. The molecule has 1 saturated carbocycles. The highest BCUT2D eigenvalue weighted by Crippen LogP contribution is 2.38. The topological polar surface area (TPSA) is 27.0 Å². The van der Waals surface area contributed by atoms with Gasteiger partial charge in [0.15, 0.2) is 0 Å². The Balaban J connectivity index is 1.59. The number of benzene rings is 1. The van der Waals surface area contributed by atoms with E-state index < -0.39 is 0 Å². The molecule has 1 saturated heterocycles. The van der Waals surface area contributed by atoms with Crippen LogP contribution in [-0.4, -0.2) is 24.0 Å². The van der Waals surface area contributed by atoms with Gasteiger partial charge in [-0.25, -0.2) is 0 Å². The molecule has 0 aromatic heterocycles. The summed E-state index contributed by atoms with van der Waals surface area (Å²) in [4.78, 5) is 2.68. The fraction of sp³-hybridized carbons (Fsp3) is 0.667. The standard InChI is InChI=1S/C21H30N2/c1-17(2)18-8-10-20(11-9-18)23-14-12-21(16-22,13-15-23)19-6-4-3-5-7-19/h3-7,17-18,20H,8-15H2,1-2H3. The molecular formula is C21H30N2. The van der Waals surface area contributed by atoms with Gasteiger partial charge in [0.1, 0.15) is 0 Å². The highest BCUT2D eigenvalue weighted by Gasteiger charge is 2.38. The molecule has 0 amide bonds. The molecule has 0 unspecified atom stereocenters. The number of piperidine rings is 1. The summed E-state index contributed by atoms with van der Waals surface area (Å²) in [6.07, 6.45) is 7.46. The minimum atomic E-state index is -0.257. The summed E-state index contributed by atoms with van der Waals surface area (Å²) in [5.74, 6) is 1.76. The molecule has 0 N–H and O–H groups in total. The second kappa shape index (κ2) is 7.05. The molecular weight excluding hydrogens is 280 g/mol. The smallest absolute Gasteiger partial charge is 0.0846 e. The summed E-state index contributed by atoms with van der Waals surface area (Å²) in [7, 11) is 0. The number of hydrogen-bond acceptors (Lipinski definition) is 2. The van der Waals surface area contributed by atoms with E-state index in [9.17, 15) is 5.26 Å². The van der Waals surface area contributed by atoms with E-state index in [2.05, 4.69) is 49.1 Å². The van der Waals surface area contributed by atoms with E-state index in [1.54, 1.807) is 0 Å². The van der Waals surface area contributed by atoms with Crippen molar-refractivity contribution in [3.63, 3.8) is 0 Å². The van der Waals surface area contributed by atoms with Crippen LogP contribution in [0.1, 0.15) is 57.9 Å². The molecule has 0 bridgehead atoms. The predicted molar refractivity (Wildman–Crippen MR) is 95.1 cm³/mol. The van der Waals surface area contributed by atoms with Crippen LogP contribution in [0.3, 0.4) is 0 Å². The molecule has 1 aliphatic carbocycles. The minimum absolute atomic E-state index is 0.257. The van der Waals surface area contributed by atoms with E-state index in [1.807, 2.05) is 6.07 Å². The summed E-state index contributed by atoms with van der Waals surface area (Å²) >= 11 is 0. The molecule has 2 heteroatoms. The van der Waals surface area contributed by atoms with Crippen LogP contribution in [0, 0.1) is 23.2 Å². The van der Waals surface area contributed by atoms with Crippen molar-refractivity contribution in [2.24, 2.45) is 11.8 Å². The van der Waals surface area contributed by atoms with E-state index in [0.717, 1.165) is 43.8 Å². The fourth-order valence-electron chi connectivity index (χ4n) is 4.63. The summed E-state index contributed by atoms with van der Waals surface area (Å²) in [6.45, 7) is 6.90. The number of nitrogens with zero attached hydrogens (tertiary/aromatic N) is 2. The molecule has 2 aliphatic rings. The van der Waals surface area contributed by atoms with Crippen LogP contribution < -0.4 is 0 Å². The van der Waals surface area contributed by atoms with Crippen LogP contribution in [0.25, 0.3) is 0 Å². The van der Waals surface area contributed by atoms with Gasteiger partial charge in [-0.2, -0.15) is 5.26 Å². The first-order valence-corrected chi connectivity index (χ1v) is 9.35. The summed E-state index contributed by atoms with van der Waals surface area (Å²) in [5, 5.41) is 9.82. The molecule has 1 aromatic rings. The second-order valence-electron chi connectivity index (χ2n) is 7.91. The minimum Gasteiger partial charge on any atom is -0.300 e. The summed E-state index contributed by atoms with van der Waals surface area (Å²) in [6, 6.07) is 13.8. The van der Waals surface area contributed by atoms with Crippen molar-refractivity contribution < 1.29 is 0 Å². The van der Waals surface area contributed by atoms with Crippen molar-refractivity contribution in [2.45, 2.75) is 63.8 Å². The predicted octanol–water partition coefficient (Wildman–Crippen LogP) is 4.76. The van der Waals surface area contributed by atoms with Crippen molar-refractivity contribution in [2.75, 3.05) is 13.1 Å². The maximum atomic E-state index is 9.82. The Morgan fingerprint density at radius 2 is 1.65 bits per heavy atom. The van der Waals surface area contributed by atoms with Gasteiger partial charge in [-0.1, -0.05) is 44.2 Å². The van der Waals surface area contributed by atoms with Crippen LogP contribution in [0.15, 0.2) is 30.3 Å². The molecule has 0 radical (unpaired) electrons.